The topological polar surface area (TPSA) is 162 Å². The summed E-state index contributed by atoms with van der Waals surface area (Å²) in [6, 6.07) is -0.237. The summed E-state index contributed by atoms with van der Waals surface area (Å²) in [5.41, 5.74) is 0. The van der Waals surface area contributed by atoms with Crippen molar-refractivity contribution < 1.29 is 39.6 Å². The zero-order valence-corrected chi connectivity index (χ0v) is 17.3. The molecule has 0 bridgehead atoms. The molecule has 0 aliphatic carbocycles. The minimum absolute atomic E-state index is 0.231. The highest BCUT2D eigenvalue weighted by Gasteiger charge is 2.25. The van der Waals surface area contributed by atoms with Crippen LogP contribution in [0.15, 0.2) is 0 Å². The van der Waals surface area contributed by atoms with Gasteiger partial charge in [-0.15, -0.1) is 0 Å². The van der Waals surface area contributed by atoms with Crippen LogP contribution in [0.5, 0.6) is 0 Å². The van der Waals surface area contributed by atoms with Gasteiger partial charge in [0.15, 0.2) is 0 Å². The van der Waals surface area contributed by atoms with Crippen molar-refractivity contribution in [3.63, 3.8) is 0 Å². The number of carbonyl (C=O) groups is 4. The van der Waals surface area contributed by atoms with E-state index in [1.165, 1.54) is 0 Å². The molecule has 0 saturated carbocycles. The third kappa shape index (κ3) is 10.5. The molecule has 0 radical (unpaired) electrons. The van der Waals surface area contributed by atoms with Crippen LogP contribution in [0, 0.1) is 0 Å². The molecule has 0 aromatic rings. The van der Waals surface area contributed by atoms with Gasteiger partial charge in [-0.05, 0) is 0 Å². The van der Waals surface area contributed by atoms with Crippen molar-refractivity contribution in [2.24, 2.45) is 0 Å². The molecule has 1 fully saturated rings. The normalized spacial score (nSPS) is 21.4. The molecule has 0 aromatic heterocycles. The average Bonchev–Trinajstić information content (AvgIpc) is 2.61. The standard InChI is InChI=1S/C17H31BN4O8/c18-7-13-8-21(11-16(27)28)4-3-19(9-14(23)24)1-2-20(10-15(25)26)5-6-22(13)12-17(29)30/h13H,1-12,18H2,(H,23,24)(H,25,26)(H,27,28)(H,29,30). The molecule has 30 heavy (non-hydrogen) atoms. The lowest BCUT2D eigenvalue weighted by Gasteiger charge is -2.37. The molecular weight excluding hydrogens is 399 g/mol. The van der Waals surface area contributed by atoms with E-state index in [1.54, 1.807) is 19.6 Å². The minimum atomic E-state index is -1.02. The van der Waals surface area contributed by atoms with E-state index in [0.717, 1.165) is 0 Å². The Morgan fingerprint density at radius 3 is 1.40 bits per heavy atom. The van der Waals surface area contributed by atoms with Gasteiger partial charge in [-0.3, -0.25) is 38.8 Å². The van der Waals surface area contributed by atoms with Crippen LogP contribution in [0.4, 0.5) is 0 Å². The number of hydrogen-bond acceptors (Lipinski definition) is 8. The number of rotatable bonds is 9. The lowest BCUT2D eigenvalue weighted by molar-refractivity contribution is -0.142. The summed E-state index contributed by atoms with van der Waals surface area (Å²) in [5.74, 6) is -4.06. The number of carboxylic acids is 4. The summed E-state index contributed by atoms with van der Waals surface area (Å²) in [5, 5.41) is 36.9. The molecule has 12 nitrogen and oxygen atoms in total. The van der Waals surface area contributed by atoms with E-state index in [-0.39, 0.29) is 32.2 Å². The third-order valence-corrected chi connectivity index (χ3v) is 5.04. The first-order chi connectivity index (χ1) is 14.1. The molecular formula is C17H31BN4O8. The second-order valence-corrected chi connectivity index (χ2v) is 7.39. The van der Waals surface area contributed by atoms with Gasteiger partial charge in [0.25, 0.3) is 0 Å². The van der Waals surface area contributed by atoms with Crippen LogP contribution < -0.4 is 0 Å². The van der Waals surface area contributed by atoms with Gasteiger partial charge in [-0.1, -0.05) is 6.32 Å². The zero-order chi connectivity index (χ0) is 22.7. The van der Waals surface area contributed by atoms with Gasteiger partial charge in [0.2, 0.25) is 0 Å². The highest BCUT2D eigenvalue weighted by Crippen LogP contribution is 2.09. The Labute approximate surface area is 176 Å². The van der Waals surface area contributed by atoms with Crippen LogP contribution in [0.3, 0.4) is 0 Å². The molecule has 1 atom stereocenters. The van der Waals surface area contributed by atoms with Crippen LogP contribution in [0.2, 0.25) is 6.32 Å². The Balaban J connectivity index is 3.09. The van der Waals surface area contributed by atoms with Gasteiger partial charge in [0, 0.05) is 51.9 Å². The highest BCUT2D eigenvalue weighted by atomic mass is 16.4. The summed E-state index contributed by atoms with van der Waals surface area (Å²) in [7, 11) is 1.88. The first-order valence-corrected chi connectivity index (χ1v) is 9.89. The molecule has 0 aromatic carbocycles. The summed E-state index contributed by atoms with van der Waals surface area (Å²) in [6.45, 7) is 1.20. The van der Waals surface area contributed by atoms with Crippen molar-refractivity contribution in [1.82, 2.24) is 19.6 Å². The van der Waals surface area contributed by atoms with Gasteiger partial charge in [0.05, 0.1) is 26.2 Å². The van der Waals surface area contributed by atoms with Crippen LogP contribution in [-0.2, 0) is 19.2 Å². The van der Waals surface area contributed by atoms with Gasteiger partial charge in [0.1, 0.15) is 7.85 Å². The predicted octanol–water partition coefficient (Wildman–Crippen LogP) is -3.03. The maximum absolute atomic E-state index is 11.3. The molecule has 1 saturated heterocycles. The van der Waals surface area contributed by atoms with Crippen LogP contribution >= 0.6 is 0 Å². The largest absolute Gasteiger partial charge is 0.480 e. The van der Waals surface area contributed by atoms with E-state index >= 15 is 0 Å². The number of aliphatic carboxylic acids is 4. The molecule has 1 rings (SSSR count). The van der Waals surface area contributed by atoms with Gasteiger partial charge >= 0.3 is 23.9 Å². The maximum atomic E-state index is 11.3. The van der Waals surface area contributed by atoms with Crippen molar-refractivity contribution in [2.45, 2.75) is 12.4 Å². The lowest BCUT2D eigenvalue weighted by atomic mass is 9.95. The van der Waals surface area contributed by atoms with Crippen molar-refractivity contribution in [2.75, 3.05) is 72.0 Å². The summed E-state index contributed by atoms with van der Waals surface area (Å²) >= 11 is 0. The Kier molecular flexibility index (Phi) is 11.3. The molecule has 4 N–H and O–H groups in total. The second-order valence-electron chi connectivity index (χ2n) is 7.39. The quantitative estimate of drug-likeness (QED) is 0.274. The summed E-state index contributed by atoms with van der Waals surface area (Å²) < 4.78 is 0. The first kappa shape index (κ1) is 25.8. The minimum Gasteiger partial charge on any atom is -0.480 e. The average molecular weight is 430 g/mol. The number of hydrogen-bond donors (Lipinski definition) is 4. The molecule has 0 amide bonds. The van der Waals surface area contributed by atoms with E-state index in [1.807, 2.05) is 7.85 Å². The summed E-state index contributed by atoms with van der Waals surface area (Å²) in [6.07, 6.45) is 0.584. The second kappa shape index (κ2) is 13.2. The van der Waals surface area contributed by atoms with Gasteiger partial charge in [-0.2, -0.15) is 0 Å². The van der Waals surface area contributed by atoms with E-state index in [9.17, 15) is 34.5 Å². The Hall–Kier alpha value is -2.22. The monoisotopic (exact) mass is 430 g/mol. The van der Waals surface area contributed by atoms with Crippen LogP contribution in [-0.4, -0.2) is 150 Å². The summed E-state index contributed by atoms with van der Waals surface area (Å²) in [4.78, 5) is 51.8. The number of carboxylic acid groups (broad SMARTS) is 4. The molecule has 1 aliphatic heterocycles. The fourth-order valence-electron chi connectivity index (χ4n) is 3.55. The SMILES string of the molecule is BCC1CN(CC(=O)O)CCN(CC(=O)O)CCN(CC(=O)O)CCN1CC(=O)O. The lowest BCUT2D eigenvalue weighted by Crippen LogP contribution is -2.52. The Morgan fingerprint density at radius 1 is 0.633 bits per heavy atom. The Bertz CT molecular complexity index is 608. The van der Waals surface area contributed by atoms with Gasteiger partial charge in [-0.25, -0.2) is 0 Å². The van der Waals surface area contributed by atoms with E-state index < -0.39 is 23.9 Å². The molecule has 170 valence electrons. The predicted molar refractivity (Wildman–Crippen MR) is 109 cm³/mol. The zero-order valence-electron chi connectivity index (χ0n) is 17.3. The van der Waals surface area contributed by atoms with Crippen molar-refractivity contribution in [3.05, 3.63) is 0 Å². The van der Waals surface area contributed by atoms with Gasteiger partial charge < -0.3 is 20.4 Å². The third-order valence-electron chi connectivity index (χ3n) is 5.04. The molecule has 0 spiro atoms. The van der Waals surface area contributed by atoms with Crippen LogP contribution in [0.1, 0.15) is 0 Å². The van der Waals surface area contributed by atoms with Crippen molar-refractivity contribution >= 4 is 31.7 Å². The van der Waals surface area contributed by atoms with E-state index in [2.05, 4.69) is 0 Å². The van der Waals surface area contributed by atoms with E-state index in [4.69, 9.17) is 5.11 Å². The maximum Gasteiger partial charge on any atom is 0.317 e. The number of nitrogens with zero attached hydrogens (tertiary/aromatic N) is 4. The molecule has 13 heteroatoms. The molecule has 1 unspecified atom stereocenters. The highest BCUT2D eigenvalue weighted by molar-refractivity contribution is 6.09. The molecule has 1 heterocycles. The first-order valence-electron chi connectivity index (χ1n) is 9.89. The van der Waals surface area contributed by atoms with Crippen LogP contribution in [0.25, 0.3) is 0 Å². The fourth-order valence-corrected chi connectivity index (χ4v) is 3.55. The van der Waals surface area contributed by atoms with Crippen molar-refractivity contribution in [1.29, 1.82) is 0 Å². The smallest absolute Gasteiger partial charge is 0.317 e. The Morgan fingerprint density at radius 2 is 1.00 bits per heavy atom. The fraction of sp³-hybridized carbons (Fsp3) is 0.765. The molecule has 1 aliphatic rings. The van der Waals surface area contributed by atoms with Crippen molar-refractivity contribution in [3.8, 4) is 0 Å². The van der Waals surface area contributed by atoms with E-state index in [0.29, 0.717) is 52.1 Å².